The van der Waals surface area contributed by atoms with Gasteiger partial charge in [-0.15, -0.1) is 11.3 Å². The first kappa shape index (κ1) is 16.9. The number of rotatable bonds is 4. The molecule has 0 saturated carbocycles. The molecule has 1 aromatic heterocycles. The summed E-state index contributed by atoms with van der Waals surface area (Å²) in [6.07, 6.45) is 0.196. The van der Waals surface area contributed by atoms with Crippen LogP contribution in [0.1, 0.15) is 28.1 Å². The molecule has 2 aromatic rings. The summed E-state index contributed by atoms with van der Waals surface area (Å²) in [5, 5.41) is 9.54. The maximum atomic E-state index is 14.1. The second kappa shape index (κ2) is 6.49. The molecule has 0 spiro atoms. The van der Waals surface area contributed by atoms with Crippen LogP contribution in [0.25, 0.3) is 10.1 Å². The molecule has 1 saturated heterocycles. The fourth-order valence-corrected chi connectivity index (χ4v) is 4.46. The molecular weight excluding hydrogens is 333 g/mol. The number of hydrogen-bond donors (Lipinski definition) is 1. The van der Waals surface area contributed by atoms with Crippen LogP contribution in [0.4, 0.5) is 4.39 Å². The van der Waals surface area contributed by atoms with Gasteiger partial charge in [0.15, 0.2) is 0 Å². The number of carboxylic acid groups (broad SMARTS) is 1. The number of nitrogens with zero attached hydrogens (tertiary/aromatic N) is 1. The first-order valence-electron chi connectivity index (χ1n) is 7.65. The van der Waals surface area contributed by atoms with Crippen LogP contribution >= 0.6 is 11.3 Å². The number of aryl methyl sites for hydroxylation is 1. The van der Waals surface area contributed by atoms with Crippen LogP contribution in [0.15, 0.2) is 18.2 Å². The van der Waals surface area contributed by atoms with Gasteiger partial charge in [-0.25, -0.2) is 4.39 Å². The van der Waals surface area contributed by atoms with Crippen molar-refractivity contribution in [1.82, 2.24) is 4.90 Å². The standard InChI is InChI=1S/C17H18FNO4S/c1-9-15-12(18)4-3-5-13(15)24-16(9)17(22)19-8-11(23-2)6-10(19)7-14(20)21/h3-5,10-11H,6-8H2,1-2H3,(H,20,21). The van der Waals surface area contributed by atoms with Gasteiger partial charge in [0.25, 0.3) is 5.91 Å². The quantitative estimate of drug-likeness (QED) is 0.919. The number of thiophene rings is 1. The third-order valence-electron chi connectivity index (χ3n) is 4.48. The van der Waals surface area contributed by atoms with E-state index in [2.05, 4.69) is 0 Å². The van der Waals surface area contributed by atoms with Gasteiger partial charge in [0.1, 0.15) is 5.82 Å². The molecule has 1 aromatic carbocycles. The molecule has 3 rings (SSSR count). The van der Waals surface area contributed by atoms with Crippen molar-refractivity contribution < 1.29 is 23.8 Å². The van der Waals surface area contributed by atoms with Gasteiger partial charge in [0, 0.05) is 29.8 Å². The average molecular weight is 351 g/mol. The first-order valence-corrected chi connectivity index (χ1v) is 8.47. The van der Waals surface area contributed by atoms with Crippen LogP contribution in [-0.2, 0) is 9.53 Å². The van der Waals surface area contributed by atoms with E-state index in [0.717, 1.165) is 0 Å². The normalized spacial score (nSPS) is 20.7. The number of carbonyl (C=O) groups is 2. The highest BCUT2D eigenvalue weighted by atomic mass is 32.1. The van der Waals surface area contributed by atoms with Gasteiger partial charge in [0.05, 0.1) is 17.4 Å². The Morgan fingerprint density at radius 3 is 2.83 bits per heavy atom. The van der Waals surface area contributed by atoms with Crippen molar-refractivity contribution in [3.63, 3.8) is 0 Å². The molecular formula is C17H18FNO4S. The van der Waals surface area contributed by atoms with Crippen LogP contribution in [0.3, 0.4) is 0 Å². The SMILES string of the molecule is COC1CC(CC(=O)O)N(C(=O)c2sc3cccc(F)c3c2C)C1. The minimum atomic E-state index is -0.950. The molecule has 0 radical (unpaired) electrons. The minimum Gasteiger partial charge on any atom is -0.481 e. The highest BCUT2D eigenvalue weighted by molar-refractivity contribution is 7.21. The average Bonchev–Trinajstić information content (AvgIpc) is 3.08. The molecule has 1 aliphatic heterocycles. The molecule has 24 heavy (non-hydrogen) atoms. The van der Waals surface area contributed by atoms with E-state index in [1.54, 1.807) is 31.1 Å². The van der Waals surface area contributed by atoms with Crippen LogP contribution in [0.5, 0.6) is 0 Å². The summed E-state index contributed by atoms with van der Waals surface area (Å²) in [4.78, 5) is 26.1. The van der Waals surface area contributed by atoms with Crippen molar-refractivity contribution in [2.75, 3.05) is 13.7 Å². The molecule has 128 valence electrons. The summed E-state index contributed by atoms with van der Waals surface area (Å²) in [6.45, 7) is 2.08. The molecule has 0 bridgehead atoms. The second-order valence-corrected chi connectivity index (χ2v) is 7.02. The Morgan fingerprint density at radius 2 is 2.21 bits per heavy atom. The smallest absolute Gasteiger partial charge is 0.305 e. The molecule has 7 heteroatoms. The predicted octanol–water partition coefficient (Wildman–Crippen LogP) is 3.05. The fourth-order valence-electron chi connectivity index (χ4n) is 3.28. The Hall–Kier alpha value is -1.99. The predicted molar refractivity (Wildman–Crippen MR) is 89.0 cm³/mol. The Balaban J connectivity index is 1.97. The highest BCUT2D eigenvalue weighted by Gasteiger charge is 2.38. The number of methoxy groups -OCH3 is 1. The van der Waals surface area contributed by atoms with Crippen LogP contribution in [0.2, 0.25) is 0 Å². The molecule has 1 amide bonds. The summed E-state index contributed by atoms with van der Waals surface area (Å²) < 4.78 is 20.1. The topological polar surface area (TPSA) is 66.8 Å². The van der Waals surface area contributed by atoms with E-state index < -0.39 is 12.0 Å². The highest BCUT2D eigenvalue weighted by Crippen LogP contribution is 2.35. The van der Waals surface area contributed by atoms with Crippen molar-refractivity contribution in [1.29, 1.82) is 0 Å². The lowest BCUT2D eigenvalue weighted by molar-refractivity contribution is -0.137. The maximum absolute atomic E-state index is 14.1. The van der Waals surface area contributed by atoms with Crippen LogP contribution in [0, 0.1) is 12.7 Å². The number of halogens is 1. The molecule has 1 fully saturated rings. The zero-order valence-corrected chi connectivity index (χ0v) is 14.2. The minimum absolute atomic E-state index is 0.121. The lowest BCUT2D eigenvalue weighted by atomic mass is 10.1. The summed E-state index contributed by atoms with van der Waals surface area (Å²) in [7, 11) is 1.55. The lowest BCUT2D eigenvalue weighted by Gasteiger charge is -2.23. The molecule has 2 unspecified atom stereocenters. The Bertz CT molecular complexity index is 803. The van der Waals surface area contributed by atoms with E-state index in [1.165, 1.54) is 17.4 Å². The Labute approximate surface area is 142 Å². The summed E-state index contributed by atoms with van der Waals surface area (Å²) >= 11 is 1.24. The number of aliphatic carboxylic acids is 1. The number of hydrogen-bond acceptors (Lipinski definition) is 4. The number of ether oxygens (including phenoxy) is 1. The summed E-state index contributed by atoms with van der Waals surface area (Å²) in [5.41, 5.74) is 0.605. The van der Waals surface area contributed by atoms with Gasteiger partial charge in [-0.1, -0.05) is 6.07 Å². The lowest BCUT2D eigenvalue weighted by Crippen LogP contribution is -2.37. The van der Waals surface area contributed by atoms with Crippen molar-refractivity contribution in [3.05, 3.63) is 34.5 Å². The third kappa shape index (κ3) is 2.89. The number of amides is 1. The molecule has 0 aliphatic carbocycles. The zero-order chi connectivity index (χ0) is 17.4. The molecule has 2 heterocycles. The molecule has 1 aliphatic rings. The number of benzene rings is 1. The monoisotopic (exact) mass is 351 g/mol. The van der Waals surface area contributed by atoms with Crippen molar-refractivity contribution in [3.8, 4) is 0 Å². The van der Waals surface area contributed by atoms with E-state index in [1.807, 2.05) is 0 Å². The van der Waals surface area contributed by atoms with E-state index in [0.29, 0.717) is 33.5 Å². The Morgan fingerprint density at radius 1 is 1.46 bits per heavy atom. The van der Waals surface area contributed by atoms with E-state index in [4.69, 9.17) is 9.84 Å². The van der Waals surface area contributed by atoms with Gasteiger partial charge in [-0.05, 0) is 31.0 Å². The fraction of sp³-hybridized carbons (Fsp3) is 0.412. The number of fused-ring (bicyclic) bond motifs is 1. The number of likely N-dealkylation sites (tertiary alicyclic amines) is 1. The molecule has 5 nitrogen and oxygen atoms in total. The van der Waals surface area contributed by atoms with E-state index >= 15 is 0 Å². The van der Waals surface area contributed by atoms with Gasteiger partial charge >= 0.3 is 5.97 Å². The van der Waals surface area contributed by atoms with Crippen molar-refractivity contribution >= 4 is 33.3 Å². The molecule has 2 atom stereocenters. The van der Waals surface area contributed by atoms with E-state index in [9.17, 15) is 14.0 Å². The molecule has 1 N–H and O–H groups in total. The van der Waals surface area contributed by atoms with Gasteiger partial charge in [-0.3, -0.25) is 9.59 Å². The second-order valence-electron chi connectivity index (χ2n) is 5.97. The summed E-state index contributed by atoms with van der Waals surface area (Å²) in [6, 6.07) is 4.37. The van der Waals surface area contributed by atoms with E-state index in [-0.39, 0.29) is 24.2 Å². The van der Waals surface area contributed by atoms with Gasteiger partial charge < -0.3 is 14.7 Å². The van der Waals surface area contributed by atoms with Crippen molar-refractivity contribution in [2.45, 2.75) is 31.9 Å². The zero-order valence-electron chi connectivity index (χ0n) is 13.4. The summed E-state index contributed by atoms with van der Waals surface area (Å²) in [5.74, 6) is -1.55. The van der Waals surface area contributed by atoms with Crippen LogP contribution < -0.4 is 0 Å². The largest absolute Gasteiger partial charge is 0.481 e. The van der Waals surface area contributed by atoms with Crippen LogP contribution in [-0.4, -0.2) is 47.7 Å². The maximum Gasteiger partial charge on any atom is 0.305 e. The van der Waals surface area contributed by atoms with Crippen molar-refractivity contribution in [2.24, 2.45) is 0 Å². The number of carbonyl (C=O) groups excluding carboxylic acids is 1. The first-order chi connectivity index (χ1) is 11.4. The van der Waals surface area contributed by atoms with Gasteiger partial charge in [-0.2, -0.15) is 0 Å². The third-order valence-corrected chi connectivity index (χ3v) is 5.72. The van der Waals surface area contributed by atoms with Gasteiger partial charge in [0.2, 0.25) is 0 Å². The Kier molecular flexibility index (Phi) is 4.56. The number of carboxylic acids is 1.